The van der Waals surface area contributed by atoms with Gasteiger partial charge in [-0.3, -0.25) is 9.20 Å². The van der Waals surface area contributed by atoms with Gasteiger partial charge < -0.3 is 0 Å². The number of fused-ring (bicyclic) bond motifs is 1. The maximum Gasteiger partial charge on any atom is 0.150 e. The third-order valence-electron chi connectivity index (χ3n) is 2.85. The van der Waals surface area contributed by atoms with Crippen molar-refractivity contribution in [2.45, 2.75) is 0 Å². The minimum Gasteiger partial charge on any atom is -0.300 e. The predicted molar refractivity (Wildman–Crippen MR) is 66.0 cm³/mol. The minimum atomic E-state index is -0.368. The van der Waals surface area contributed by atoms with Gasteiger partial charge in [0.1, 0.15) is 11.5 Å². The number of imidazole rings is 1. The van der Waals surface area contributed by atoms with Crippen molar-refractivity contribution in [3.63, 3.8) is 0 Å². The van der Waals surface area contributed by atoms with Crippen LogP contribution in [0.2, 0.25) is 0 Å². The second kappa shape index (κ2) is 4.07. The number of rotatable bonds is 2. The second-order valence-corrected chi connectivity index (χ2v) is 3.92. The van der Waals surface area contributed by atoms with Gasteiger partial charge in [0.15, 0.2) is 6.29 Å². The van der Waals surface area contributed by atoms with Crippen molar-refractivity contribution < 1.29 is 9.18 Å². The molecule has 0 amide bonds. The Kier molecular flexibility index (Phi) is 2.41. The minimum absolute atomic E-state index is 0.368. The molecule has 3 rings (SSSR count). The third-order valence-corrected chi connectivity index (χ3v) is 2.85. The van der Waals surface area contributed by atoms with Crippen LogP contribution in [0.5, 0.6) is 0 Å². The molecule has 0 aliphatic rings. The Morgan fingerprint density at radius 2 is 2.11 bits per heavy atom. The van der Waals surface area contributed by atoms with Gasteiger partial charge in [-0.1, -0.05) is 6.07 Å². The number of benzene rings is 1. The van der Waals surface area contributed by atoms with Gasteiger partial charge in [0.25, 0.3) is 0 Å². The zero-order valence-electron chi connectivity index (χ0n) is 9.38. The highest BCUT2D eigenvalue weighted by atomic mass is 19.1. The highest BCUT2D eigenvalue weighted by Crippen LogP contribution is 2.24. The monoisotopic (exact) mass is 240 g/mol. The number of hydrogen-bond acceptors (Lipinski definition) is 2. The van der Waals surface area contributed by atoms with Crippen LogP contribution in [0.3, 0.4) is 0 Å². The van der Waals surface area contributed by atoms with E-state index in [2.05, 4.69) is 4.98 Å². The van der Waals surface area contributed by atoms with Crippen molar-refractivity contribution in [3.8, 4) is 11.3 Å². The van der Waals surface area contributed by atoms with E-state index in [4.69, 9.17) is 0 Å². The lowest BCUT2D eigenvalue weighted by atomic mass is 10.0. The average Bonchev–Trinajstić information content (AvgIpc) is 2.86. The molecule has 0 spiro atoms. The SMILES string of the molecule is O=Cc1ccc(F)cc1-c1cccc2nccn12. The van der Waals surface area contributed by atoms with Crippen molar-refractivity contribution in [3.05, 3.63) is 60.2 Å². The fraction of sp³-hybridized carbons (Fsp3) is 0. The number of pyridine rings is 1. The van der Waals surface area contributed by atoms with Crippen molar-refractivity contribution in [1.82, 2.24) is 9.38 Å². The first-order chi connectivity index (χ1) is 8.79. The van der Waals surface area contributed by atoms with Crippen LogP contribution in [0.4, 0.5) is 4.39 Å². The number of aromatic nitrogens is 2. The number of hydrogen-bond donors (Lipinski definition) is 0. The largest absolute Gasteiger partial charge is 0.300 e. The van der Waals surface area contributed by atoms with Gasteiger partial charge in [-0.25, -0.2) is 9.37 Å². The van der Waals surface area contributed by atoms with Gasteiger partial charge in [-0.05, 0) is 30.3 Å². The quantitative estimate of drug-likeness (QED) is 0.645. The molecule has 3 nitrogen and oxygen atoms in total. The van der Waals surface area contributed by atoms with E-state index in [-0.39, 0.29) is 5.82 Å². The Hall–Kier alpha value is -2.49. The molecular weight excluding hydrogens is 231 g/mol. The molecular formula is C14H9FN2O. The Morgan fingerprint density at radius 3 is 2.94 bits per heavy atom. The lowest BCUT2D eigenvalue weighted by Crippen LogP contribution is -1.95. The molecule has 2 aromatic heterocycles. The number of halogens is 1. The first-order valence-corrected chi connectivity index (χ1v) is 5.47. The van der Waals surface area contributed by atoms with Crippen molar-refractivity contribution in [1.29, 1.82) is 0 Å². The molecule has 0 N–H and O–H groups in total. The summed E-state index contributed by atoms with van der Waals surface area (Å²) < 4.78 is 15.2. The zero-order valence-corrected chi connectivity index (χ0v) is 9.38. The molecule has 0 fully saturated rings. The maximum atomic E-state index is 13.4. The van der Waals surface area contributed by atoms with Gasteiger partial charge in [-0.2, -0.15) is 0 Å². The van der Waals surface area contributed by atoms with Crippen LogP contribution in [0, 0.1) is 5.82 Å². The lowest BCUT2D eigenvalue weighted by molar-refractivity contribution is 0.112. The summed E-state index contributed by atoms with van der Waals surface area (Å²) in [6.07, 6.45) is 4.17. The lowest BCUT2D eigenvalue weighted by Gasteiger charge is -2.08. The maximum absolute atomic E-state index is 13.4. The van der Waals surface area contributed by atoms with Crippen LogP contribution >= 0.6 is 0 Å². The average molecular weight is 240 g/mol. The normalized spacial score (nSPS) is 10.7. The van der Waals surface area contributed by atoms with Gasteiger partial charge in [0, 0.05) is 23.5 Å². The molecule has 0 saturated carbocycles. The van der Waals surface area contributed by atoms with Crippen LogP contribution in [-0.4, -0.2) is 15.7 Å². The molecule has 88 valence electrons. The van der Waals surface area contributed by atoms with Crippen molar-refractivity contribution in [2.75, 3.05) is 0 Å². The van der Waals surface area contributed by atoms with Crippen LogP contribution in [-0.2, 0) is 0 Å². The molecule has 0 radical (unpaired) electrons. The van der Waals surface area contributed by atoms with E-state index in [0.29, 0.717) is 11.1 Å². The molecule has 3 aromatic rings. The molecule has 18 heavy (non-hydrogen) atoms. The van der Waals surface area contributed by atoms with E-state index in [1.807, 2.05) is 22.6 Å². The van der Waals surface area contributed by atoms with E-state index in [1.54, 1.807) is 12.4 Å². The topological polar surface area (TPSA) is 34.4 Å². The molecule has 0 unspecified atom stereocenters. The van der Waals surface area contributed by atoms with Crippen LogP contribution < -0.4 is 0 Å². The van der Waals surface area contributed by atoms with Crippen LogP contribution in [0.25, 0.3) is 16.9 Å². The summed E-state index contributed by atoms with van der Waals surface area (Å²) in [5.74, 6) is -0.368. The van der Waals surface area contributed by atoms with E-state index in [1.165, 1.54) is 18.2 Å². The Morgan fingerprint density at radius 1 is 1.22 bits per heavy atom. The summed E-state index contributed by atoms with van der Waals surface area (Å²) >= 11 is 0. The summed E-state index contributed by atoms with van der Waals surface area (Å²) in [6.45, 7) is 0. The number of nitrogens with zero attached hydrogens (tertiary/aromatic N) is 2. The molecule has 4 heteroatoms. The first-order valence-electron chi connectivity index (χ1n) is 5.47. The van der Waals surface area contributed by atoms with E-state index < -0.39 is 0 Å². The predicted octanol–water partition coefficient (Wildman–Crippen LogP) is 2.95. The summed E-state index contributed by atoms with van der Waals surface area (Å²) in [7, 11) is 0. The molecule has 0 bridgehead atoms. The summed E-state index contributed by atoms with van der Waals surface area (Å²) in [5, 5.41) is 0. The van der Waals surface area contributed by atoms with E-state index >= 15 is 0 Å². The number of carbonyl (C=O) groups excluding carboxylic acids is 1. The molecule has 0 aliphatic carbocycles. The second-order valence-electron chi connectivity index (χ2n) is 3.92. The van der Waals surface area contributed by atoms with Gasteiger partial charge >= 0.3 is 0 Å². The Bertz CT molecular complexity index is 733. The highest BCUT2D eigenvalue weighted by Gasteiger charge is 2.09. The summed E-state index contributed by atoms with van der Waals surface area (Å²) in [5.41, 5.74) is 2.52. The molecule has 2 heterocycles. The van der Waals surface area contributed by atoms with E-state index in [9.17, 15) is 9.18 Å². The van der Waals surface area contributed by atoms with Gasteiger partial charge in [0.2, 0.25) is 0 Å². The summed E-state index contributed by atoms with van der Waals surface area (Å²) in [6, 6.07) is 9.63. The molecule has 0 saturated heterocycles. The number of carbonyl (C=O) groups is 1. The van der Waals surface area contributed by atoms with Crippen LogP contribution in [0.15, 0.2) is 48.8 Å². The Balaban J connectivity index is 2.35. The first kappa shape index (κ1) is 10.7. The van der Waals surface area contributed by atoms with Crippen molar-refractivity contribution in [2.24, 2.45) is 0 Å². The van der Waals surface area contributed by atoms with E-state index in [0.717, 1.165) is 17.6 Å². The molecule has 0 aliphatic heterocycles. The Labute approximate surface area is 103 Å². The van der Waals surface area contributed by atoms with Gasteiger partial charge in [0.05, 0.1) is 5.69 Å². The fourth-order valence-electron chi connectivity index (χ4n) is 2.02. The fourth-order valence-corrected chi connectivity index (χ4v) is 2.02. The van der Waals surface area contributed by atoms with Crippen LogP contribution in [0.1, 0.15) is 10.4 Å². The number of aldehydes is 1. The smallest absolute Gasteiger partial charge is 0.150 e. The summed E-state index contributed by atoms with van der Waals surface area (Å²) in [4.78, 5) is 15.2. The highest BCUT2D eigenvalue weighted by molar-refractivity contribution is 5.87. The zero-order chi connectivity index (χ0) is 12.5. The molecule has 0 atom stereocenters. The standard InChI is InChI=1S/C14H9FN2O/c15-11-5-4-10(9-18)12(8-11)13-2-1-3-14-16-6-7-17(13)14/h1-9H. The van der Waals surface area contributed by atoms with Gasteiger partial charge in [-0.15, -0.1) is 0 Å². The van der Waals surface area contributed by atoms with Crippen molar-refractivity contribution >= 4 is 11.9 Å². The third kappa shape index (κ3) is 1.59. The molecule has 1 aromatic carbocycles.